The lowest BCUT2D eigenvalue weighted by Gasteiger charge is -2.34. The first-order valence-electron chi connectivity index (χ1n) is 10.5. The summed E-state index contributed by atoms with van der Waals surface area (Å²) in [6, 6.07) is 16.2. The van der Waals surface area contributed by atoms with Gasteiger partial charge in [0.1, 0.15) is 5.82 Å². The molecule has 1 N–H and O–H groups in total. The zero-order valence-corrected chi connectivity index (χ0v) is 18.7. The van der Waals surface area contributed by atoms with Crippen LogP contribution in [0.4, 0.5) is 4.39 Å². The third kappa shape index (κ3) is 6.53. The molecule has 2 aromatic rings. The van der Waals surface area contributed by atoms with Crippen LogP contribution in [-0.4, -0.2) is 56.0 Å². The molecule has 1 fully saturated rings. The Balaban J connectivity index is 0.00000320. The fourth-order valence-corrected chi connectivity index (χ4v) is 4.15. The maximum atomic E-state index is 13.4. The summed E-state index contributed by atoms with van der Waals surface area (Å²) in [6.45, 7) is 3.43. The van der Waals surface area contributed by atoms with Gasteiger partial charge in [0.15, 0.2) is 0 Å². The van der Waals surface area contributed by atoms with Gasteiger partial charge >= 0.3 is 0 Å². The maximum absolute atomic E-state index is 13.4. The summed E-state index contributed by atoms with van der Waals surface area (Å²) < 4.78 is 13.4. The van der Waals surface area contributed by atoms with Crippen LogP contribution in [0.1, 0.15) is 36.4 Å². The van der Waals surface area contributed by atoms with Gasteiger partial charge in [-0.15, -0.1) is 12.4 Å². The fourth-order valence-electron chi connectivity index (χ4n) is 4.15. The summed E-state index contributed by atoms with van der Waals surface area (Å²) in [5, 5.41) is 3.22. The lowest BCUT2D eigenvalue weighted by Crippen LogP contribution is -2.43. The van der Waals surface area contributed by atoms with E-state index in [1.165, 1.54) is 18.6 Å². The van der Waals surface area contributed by atoms with Crippen molar-refractivity contribution < 1.29 is 9.18 Å². The molecule has 1 aliphatic heterocycles. The second-order valence-electron chi connectivity index (χ2n) is 7.98. The van der Waals surface area contributed by atoms with Gasteiger partial charge in [-0.3, -0.25) is 9.69 Å². The minimum atomic E-state index is -0.268. The number of piperidine rings is 1. The van der Waals surface area contributed by atoms with Crippen LogP contribution in [-0.2, 0) is 4.79 Å². The van der Waals surface area contributed by atoms with E-state index in [0.717, 1.165) is 49.5 Å². The van der Waals surface area contributed by atoms with Gasteiger partial charge < -0.3 is 10.2 Å². The predicted octanol–water partition coefficient (Wildman–Crippen LogP) is 4.12. The first-order chi connectivity index (χ1) is 14.1. The maximum Gasteiger partial charge on any atom is 0.237 e. The van der Waals surface area contributed by atoms with Crippen LogP contribution >= 0.6 is 12.4 Å². The van der Waals surface area contributed by atoms with Crippen LogP contribution < -0.4 is 5.32 Å². The number of rotatable bonds is 8. The van der Waals surface area contributed by atoms with E-state index in [4.69, 9.17) is 0 Å². The van der Waals surface area contributed by atoms with Crippen molar-refractivity contribution in [3.8, 4) is 0 Å². The van der Waals surface area contributed by atoms with Crippen LogP contribution in [0.2, 0.25) is 0 Å². The molecule has 1 aliphatic rings. The number of halogens is 2. The number of likely N-dealkylation sites (tertiary alicyclic amines) is 1. The highest BCUT2D eigenvalue weighted by atomic mass is 35.5. The normalized spacial score (nSPS) is 16.0. The third-order valence-electron chi connectivity index (χ3n) is 5.95. The van der Waals surface area contributed by atoms with Gasteiger partial charge in [0, 0.05) is 7.05 Å². The predicted molar refractivity (Wildman–Crippen MR) is 122 cm³/mol. The molecule has 0 aromatic heterocycles. The summed E-state index contributed by atoms with van der Waals surface area (Å²) in [6.07, 6.45) is 3.51. The largest absolute Gasteiger partial charge is 0.334 e. The van der Waals surface area contributed by atoms with Gasteiger partial charge in [0.05, 0.1) is 12.6 Å². The first-order valence-corrected chi connectivity index (χ1v) is 10.5. The molecule has 0 aliphatic carbocycles. The minimum Gasteiger partial charge on any atom is -0.334 e. The van der Waals surface area contributed by atoms with E-state index in [1.54, 1.807) is 17.0 Å². The quantitative estimate of drug-likeness (QED) is 0.680. The molecular weight excluding hydrogens is 401 g/mol. The molecule has 1 atom stereocenters. The van der Waals surface area contributed by atoms with Gasteiger partial charge in [-0.2, -0.15) is 0 Å². The average Bonchev–Trinajstić information content (AvgIpc) is 2.75. The van der Waals surface area contributed by atoms with Crippen molar-refractivity contribution in [2.45, 2.75) is 25.3 Å². The molecule has 0 spiro atoms. The van der Waals surface area contributed by atoms with Crippen molar-refractivity contribution in [2.75, 3.05) is 40.3 Å². The van der Waals surface area contributed by atoms with Crippen molar-refractivity contribution in [1.29, 1.82) is 0 Å². The summed E-state index contributed by atoms with van der Waals surface area (Å²) in [4.78, 5) is 17.2. The van der Waals surface area contributed by atoms with Crippen molar-refractivity contribution >= 4 is 18.3 Å². The van der Waals surface area contributed by atoms with Crippen LogP contribution in [0.25, 0.3) is 0 Å². The van der Waals surface area contributed by atoms with E-state index >= 15 is 0 Å². The van der Waals surface area contributed by atoms with E-state index in [1.807, 2.05) is 44.4 Å². The minimum absolute atomic E-state index is 0. The molecule has 30 heavy (non-hydrogen) atoms. The average molecular weight is 434 g/mol. The van der Waals surface area contributed by atoms with Crippen LogP contribution in [0.5, 0.6) is 0 Å². The van der Waals surface area contributed by atoms with Crippen LogP contribution in [0.15, 0.2) is 54.6 Å². The molecule has 0 saturated carbocycles. The van der Waals surface area contributed by atoms with E-state index in [0.29, 0.717) is 6.54 Å². The zero-order chi connectivity index (χ0) is 20.6. The Morgan fingerprint density at radius 3 is 2.30 bits per heavy atom. The van der Waals surface area contributed by atoms with Crippen LogP contribution in [0.3, 0.4) is 0 Å². The Morgan fingerprint density at radius 2 is 1.70 bits per heavy atom. The van der Waals surface area contributed by atoms with Crippen molar-refractivity contribution in [3.63, 3.8) is 0 Å². The highest BCUT2D eigenvalue weighted by Gasteiger charge is 2.26. The molecule has 1 heterocycles. The van der Waals surface area contributed by atoms with Crippen molar-refractivity contribution in [2.24, 2.45) is 5.92 Å². The Kier molecular flexibility index (Phi) is 9.76. The number of benzene rings is 2. The zero-order valence-electron chi connectivity index (χ0n) is 17.9. The summed E-state index contributed by atoms with van der Waals surface area (Å²) >= 11 is 0. The van der Waals surface area contributed by atoms with E-state index in [2.05, 4.69) is 10.2 Å². The summed E-state index contributed by atoms with van der Waals surface area (Å²) in [5.41, 5.74) is 1.94. The summed E-state index contributed by atoms with van der Waals surface area (Å²) in [5.74, 6) is 0.579. The molecule has 4 nitrogen and oxygen atoms in total. The highest BCUT2D eigenvalue weighted by molar-refractivity contribution is 5.85. The van der Waals surface area contributed by atoms with E-state index in [-0.39, 0.29) is 30.2 Å². The number of nitrogens with one attached hydrogen (secondary N) is 1. The molecule has 1 unspecified atom stereocenters. The fraction of sp³-hybridized carbons (Fsp3) is 0.458. The van der Waals surface area contributed by atoms with E-state index < -0.39 is 0 Å². The molecular formula is C24H33ClFN3O. The second-order valence-corrected chi connectivity index (χ2v) is 7.98. The first kappa shape index (κ1) is 24.3. The number of hydrogen-bond donors (Lipinski definition) is 1. The Bertz CT molecular complexity index is 764. The molecule has 6 heteroatoms. The molecule has 1 amide bonds. The van der Waals surface area contributed by atoms with Crippen molar-refractivity contribution in [3.05, 3.63) is 71.5 Å². The van der Waals surface area contributed by atoms with Gasteiger partial charge in [-0.05, 0) is 75.1 Å². The standard InChI is InChI=1S/C24H32FN3O.ClH/c1-26-15-12-19-13-16-28(17-14-19)18-23(29)27(2)24(20-6-4-3-5-7-20)21-8-10-22(25)11-9-21;/h3-11,19,24,26H,12-18H2,1-2H3;1H. The number of hydrogen-bond acceptors (Lipinski definition) is 3. The number of nitrogens with zero attached hydrogens (tertiary/aromatic N) is 2. The Labute approximate surface area is 185 Å². The topological polar surface area (TPSA) is 35.6 Å². The number of likely N-dealkylation sites (N-methyl/N-ethyl adjacent to an activating group) is 1. The Morgan fingerprint density at radius 1 is 1.10 bits per heavy atom. The number of amides is 1. The van der Waals surface area contributed by atoms with Crippen molar-refractivity contribution in [1.82, 2.24) is 15.1 Å². The van der Waals surface area contributed by atoms with Gasteiger partial charge in [0.25, 0.3) is 0 Å². The van der Waals surface area contributed by atoms with Gasteiger partial charge in [-0.1, -0.05) is 42.5 Å². The molecule has 3 rings (SSSR count). The molecule has 0 radical (unpaired) electrons. The molecule has 0 bridgehead atoms. The lowest BCUT2D eigenvalue weighted by atomic mass is 9.93. The molecule has 1 saturated heterocycles. The van der Waals surface area contributed by atoms with Gasteiger partial charge in [0.2, 0.25) is 5.91 Å². The van der Waals surface area contributed by atoms with Gasteiger partial charge in [-0.25, -0.2) is 4.39 Å². The number of carbonyl (C=O) groups is 1. The smallest absolute Gasteiger partial charge is 0.237 e. The summed E-state index contributed by atoms with van der Waals surface area (Å²) in [7, 11) is 3.84. The SMILES string of the molecule is CNCCC1CCN(CC(=O)N(C)C(c2ccccc2)c2ccc(F)cc2)CC1.Cl. The van der Waals surface area contributed by atoms with Crippen LogP contribution in [0, 0.1) is 11.7 Å². The molecule has 164 valence electrons. The van der Waals surface area contributed by atoms with E-state index in [9.17, 15) is 9.18 Å². The highest BCUT2D eigenvalue weighted by Crippen LogP contribution is 2.28. The third-order valence-corrected chi connectivity index (χ3v) is 5.95. The monoisotopic (exact) mass is 433 g/mol. The molecule has 2 aromatic carbocycles. The second kappa shape index (κ2) is 12.0. The number of carbonyl (C=O) groups excluding carboxylic acids is 1. The lowest BCUT2D eigenvalue weighted by molar-refractivity contribution is -0.133. The Hall–Kier alpha value is -1.95.